The Labute approximate surface area is 280 Å². The lowest BCUT2D eigenvalue weighted by molar-refractivity contribution is 0.656. The first kappa shape index (κ1) is 27.1. The molecule has 7 aromatic carbocycles. The van der Waals surface area contributed by atoms with Crippen molar-refractivity contribution in [1.29, 1.82) is 0 Å². The van der Waals surface area contributed by atoms with Gasteiger partial charge in [0.1, 0.15) is 11.1 Å². The zero-order valence-corrected chi connectivity index (χ0v) is 26.5. The summed E-state index contributed by atoms with van der Waals surface area (Å²) in [5, 5.41) is 5.80. The number of furan rings is 1. The van der Waals surface area contributed by atoms with Crippen molar-refractivity contribution in [1.82, 2.24) is 9.97 Å². The molecule has 48 heavy (non-hydrogen) atoms. The third kappa shape index (κ3) is 4.27. The summed E-state index contributed by atoms with van der Waals surface area (Å²) in [6.45, 7) is 0. The number of aromatic nitrogens is 2. The highest BCUT2D eigenvalue weighted by atomic mass is 32.1. The zero-order chi connectivity index (χ0) is 31.6. The summed E-state index contributed by atoms with van der Waals surface area (Å²) in [6.07, 6.45) is 1.82. The van der Waals surface area contributed by atoms with Gasteiger partial charge in [-0.3, -0.25) is 0 Å². The van der Waals surface area contributed by atoms with Crippen molar-refractivity contribution in [3.05, 3.63) is 158 Å². The van der Waals surface area contributed by atoms with Crippen molar-refractivity contribution >= 4 is 64.5 Å². The lowest BCUT2D eigenvalue weighted by atomic mass is 9.96. The molecular weight excluding hydrogens is 605 g/mol. The van der Waals surface area contributed by atoms with E-state index in [0.717, 1.165) is 60.8 Å². The molecule has 3 nitrogen and oxygen atoms in total. The van der Waals surface area contributed by atoms with Crippen LogP contribution in [0.4, 0.5) is 0 Å². The molecule has 3 heterocycles. The van der Waals surface area contributed by atoms with Crippen LogP contribution >= 0.6 is 11.3 Å². The molecule has 0 spiro atoms. The third-order valence-electron chi connectivity index (χ3n) is 9.34. The molecule has 0 saturated carbocycles. The van der Waals surface area contributed by atoms with Gasteiger partial charge in [-0.2, -0.15) is 0 Å². The monoisotopic (exact) mass is 630 g/mol. The van der Waals surface area contributed by atoms with Crippen LogP contribution in [0, 0.1) is 0 Å². The van der Waals surface area contributed by atoms with Crippen LogP contribution < -0.4 is 0 Å². The molecule has 0 atom stereocenters. The summed E-state index contributed by atoms with van der Waals surface area (Å²) >= 11 is 1.86. The molecule has 0 amide bonds. The summed E-state index contributed by atoms with van der Waals surface area (Å²) in [6, 6.07) is 53.8. The molecule has 10 aromatic rings. The zero-order valence-electron chi connectivity index (χ0n) is 25.7. The number of benzene rings is 7. The van der Waals surface area contributed by atoms with Crippen LogP contribution in [0.1, 0.15) is 0 Å². The van der Waals surface area contributed by atoms with E-state index in [-0.39, 0.29) is 0 Å². The first-order valence-corrected chi connectivity index (χ1v) is 16.9. The fourth-order valence-corrected chi connectivity index (χ4v) is 8.29. The summed E-state index contributed by atoms with van der Waals surface area (Å²) < 4.78 is 9.01. The summed E-state index contributed by atoms with van der Waals surface area (Å²) in [7, 11) is 0. The second kappa shape index (κ2) is 10.7. The van der Waals surface area contributed by atoms with Crippen molar-refractivity contribution in [3.8, 4) is 44.6 Å². The average Bonchev–Trinajstić information content (AvgIpc) is 3.73. The number of thiophene rings is 1. The fourth-order valence-electron chi connectivity index (χ4n) is 7.05. The quantitative estimate of drug-likeness (QED) is 0.194. The van der Waals surface area contributed by atoms with Gasteiger partial charge in [0.2, 0.25) is 5.71 Å². The topological polar surface area (TPSA) is 38.9 Å². The van der Waals surface area contributed by atoms with Gasteiger partial charge in [-0.25, -0.2) is 9.97 Å². The van der Waals surface area contributed by atoms with Crippen LogP contribution in [-0.2, 0) is 0 Å². The summed E-state index contributed by atoms with van der Waals surface area (Å²) in [4.78, 5) is 9.95. The van der Waals surface area contributed by atoms with E-state index in [0.29, 0.717) is 5.71 Å². The Morgan fingerprint density at radius 2 is 1.10 bits per heavy atom. The van der Waals surface area contributed by atoms with Crippen LogP contribution in [-0.4, -0.2) is 9.97 Å². The highest BCUT2D eigenvalue weighted by Gasteiger charge is 2.18. The van der Waals surface area contributed by atoms with Crippen molar-refractivity contribution in [3.63, 3.8) is 0 Å². The maximum atomic E-state index is 6.37. The Morgan fingerprint density at radius 3 is 1.96 bits per heavy atom. The van der Waals surface area contributed by atoms with Gasteiger partial charge in [-0.15, -0.1) is 11.3 Å². The normalized spacial score (nSPS) is 11.8. The minimum atomic E-state index is 0.545. The maximum Gasteiger partial charge on any atom is 0.246 e. The van der Waals surface area contributed by atoms with Crippen LogP contribution in [0.3, 0.4) is 0 Å². The van der Waals surface area contributed by atoms with Gasteiger partial charge in [-0.1, -0.05) is 127 Å². The van der Waals surface area contributed by atoms with E-state index in [1.165, 1.54) is 31.3 Å². The molecular formula is C44H26N2OS. The van der Waals surface area contributed by atoms with E-state index in [4.69, 9.17) is 14.4 Å². The largest absolute Gasteiger partial charge is 0.436 e. The molecule has 0 radical (unpaired) electrons. The molecule has 224 valence electrons. The Morgan fingerprint density at radius 1 is 0.458 bits per heavy atom. The Balaban J connectivity index is 1.08. The Kier molecular flexibility index (Phi) is 6.05. The number of nitrogens with zero attached hydrogens (tertiary/aromatic N) is 2. The van der Waals surface area contributed by atoms with Crippen LogP contribution in [0.25, 0.3) is 97.8 Å². The Hall–Kier alpha value is -6.10. The second-order valence-corrected chi connectivity index (χ2v) is 13.2. The maximum absolute atomic E-state index is 6.37. The van der Waals surface area contributed by atoms with Gasteiger partial charge < -0.3 is 4.42 Å². The highest BCUT2D eigenvalue weighted by Crippen LogP contribution is 2.42. The van der Waals surface area contributed by atoms with Gasteiger partial charge >= 0.3 is 0 Å². The predicted octanol–water partition coefficient (Wildman–Crippen LogP) is 12.6. The first-order valence-electron chi connectivity index (χ1n) is 16.1. The predicted molar refractivity (Wildman–Crippen MR) is 201 cm³/mol. The van der Waals surface area contributed by atoms with E-state index in [1.807, 2.05) is 23.6 Å². The van der Waals surface area contributed by atoms with E-state index in [2.05, 4.69) is 146 Å². The molecule has 10 rings (SSSR count). The van der Waals surface area contributed by atoms with E-state index in [1.54, 1.807) is 0 Å². The minimum Gasteiger partial charge on any atom is -0.436 e. The van der Waals surface area contributed by atoms with Crippen LogP contribution in [0.5, 0.6) is 0 Å². The summed E-state index contributed by atoms with van der Waals surface area (Å²) in [5.41, 5.74) is 11.0. The molecule has 0 N–H and O–H groups in total. The molecule has 0 fully saturated rings. The number of rotatable bonds is 4. The lowest BCUT2D eigenvalue weighted by Crippen LogP contribution is -1.88. The van der Waals surface area contributed by atoms with E-state index in [9.17, 15) is 0 Å². The first-order chi connectivity index (χ1) is 23.8. The molecule has 0 bridgehead atoms. The molecule has 3 aromatic heterocycles. The van der Waals surface area contributed by atoms with Crippen LogP contribution in [0.2, 0.25) is 0 Å². The lowest BCUT2D eigenvalue weighted by Gasteiger charge is -2.09. The smallest absolute Gasteiger partial charge is 0.246 e. The van der Waals surface area contributed by atoms with E-state index < -0.39 is 0 Å². The highest BCUT2D eigenvalue weighted by molar-refractivity contribution is 7.26. The SMILES string of the molecule is c1ccc(-c2cc3c4nc(-c5cccc(-c6cccc(-c7cccc8c7sc7ccccc78)c6)c5)cnc4oc3c3ccccc23)cc1. The third-order valence-corrected chi connectivity index (χ3v) is 10.6. The van der Waals surface area contributed by atoms with Gasteiger partial charge in [0.05, 0.1) is 11.9 Å². The molecule has 0 aliphatic rings. The molecule has 0 saturated heterocycles. The van der Waals surface area contributed by atoms with Crippen molar-refractivity contribution in [2.75, 3.05) is 0 Å². The summed E-state index contributed by atoms with van der Waals surface area (Å²) in [5.74, 6) is 0. The Bertz CT molecular complexity index is 2850. The second-order valence-electron chi connectivity index (χ2n) is 12.2. The number of hydrogen-bond acceptors (Lipinski definition) is 4. The molecule has 0 unspecified atom stereocenters. The van der Waals surface area contributed by atoms with Gasteiger partial charge in [-0.05, 0) is 63.0 Å². The fraction of sp³-hybridized carbons (Fsp3) is 0. The molecule has 0 aliphatic heterocycles. The standard InChI is InChI=1S/C44H26N2OS/c1-2-11-27(12-3-1)37-25-38-41-44(47-42(38)35-19-5-4-17-33(35)37)45-26-39(46-41)31-16-9-14-29(24-31)28-13-8-15-30(23-28)32-20-10-21-36-34-18-6-7-22-40(34)48-43(32)36/h1-26H. The number of hydrogen-bond donors (Lipinski definition) is 0. The van der Waals surface area contributed by atoms with Gasteiger partial charge in [0.25, 0.3) is 0 Å². The van der Waals surface area contributed by atoms with Crippen molar-refractivity contribution in [2.45, 2.75) is 0 Å². The molecule has 0 aliphatic carbocycles. The molecule has 4 heteroatoms. The van der Waals surface area contributed by atoms with Gasteiger partial charge in [0, 0.05) is 36.5 Å². The van der Waals surface area contributed by atoms with Gasteiger partial charge in [0.15, 0.2) is 0 Å². The van der Waals surface area contributed by atoms with Crippen molar-refractivity contribution in [2.24, 2.45) is 0 Å². The average molecular weight is 631 g/mol. The van der Waals surface area contributed by atoms with E-state index >= 15 is 0 Å². The van der Waals surface area contributed by atoms with Crippen molar-refractivity contribution < 1.29 is 4.42 Å². The van der Waals surface area contributed by atoms with Crippen LogP contribution in [0.15, 0.2) is 162 Å². The minimum absolute atomic E-state index is 0.545. The number of fused-ring (bicyclic) bond motifs is 8.